The lowest BCUT2D eigenvalue weighted by Gasteiger charge is -2.10. The van der Waals surface area contributed by atoms with Gasteiger partial charge in [-0.25, -0.2) is 15.0 Å². The normalized spacial score (nSPS) is 11.6. The summed E-state index contributed by atoms with van der Waals surface area (Å²) >= 11 is 0. The number of benzene rings is 4. The summed E-state index contributed by atoms with van der Waals surface area (Å²) in [6.07, 6.45) is 2.95. The van der Waals surface area contributed by atoms with Gasteiger partial charge >= 0.3 is 0 Å². The number of rotatable bonds is 5. The molecule has 0 aliphatic rings. The van der Waals surface area contributed by atoms with Gasteiger partial charge in [0, 0.05) is 11.1 Å². The summed E-state index contributed by atoms with van der Waals surface area (Å²) < 4.78 is 0. The van der Waals surface area contributed by atoms with Crippen LogP contribution in [0.3, 0.4) is 0 Å². The second-order valence-electron chi connectivity index (χ2n) is 7.98. The molecule has 0 bridgehead atoms. The van der Waals surface area contributed by atoms with Gasteiger partial charge in [-0.2, -0.15) is 0 Å². The zero-order valence-corrected chi connectivity index (χ0v) is 18.9. The average molecular weight is 428 g/mol. The van der Waals surface area contributed by atoms with Crippen molar-refractivity contribution in [3.8, 4) is 33.9 Å². The van der Waals surface area contributed by atoms with Crippen molar-refractivity contribution in [2.45, 2.75) is 20.3 Å². The molecule has 1 aromatic heterocycles. The molecule has 3 heteroatoms. The zero-order chi connectivity index (χ0) is 22.6. The largest absolute Gasteiger partial charge is 0.209 e. The Morgan fingerprint density at radius 3 is 1.85 bits per heavy atom. The second-order valence-corrected chi connectivity index (χ2v) is 7.98. The highest BCUT2D eigenvalue weighted by molar-refractivity contribution is 5.87. The summed E-state index contributed by atoms with van der Waals surface area (Å²) in [5.41, 5.74) is 5.45. The van der Waals surface area contributed by atoms with E-state index in [1.54, 1.807) is 0 Å². The molecular formula is C30H25N3. The summed E-state index contributed by atoms with van der Waals surface area (Å²) in [6, 6.07) is 33.6. The van der Waals surface area contributed by atoms with Crippen LogP contribution in [0.25, 0.3) is 50.2 Å². The lowest BCUT2D eigenvalue weighted by atomic mass is 10.00. The number of aromatic nitrogens is 3. The van der Waals surface area contributed by atoms with E-state index >= 15 is 0 Å². The van der Waals surface area contributed by atoms with Crippen molar-refractivity contribution in [1.29, 1.82) is 0 Å². The Bertz CT molecular complexity index is 1440. The van der Waals surface area contributed by atoms with Crippen molar-refractivity contribution in [2.75, 3.05) is 0 Å². The van der Waals surface area contributed by atoms with Gasteiger partial charge in [0.1, 0.15) is 0 Å². The predicted molar refractivity (Wildman–Crippen MR) is 138 cm³/mol. The summed E-state index contributed by atoms with van der Waals surface area (Å²) in [5.74, 6) is 2.13. The van der Waals surface area contributed by atoms with Gasteiger partial charge in [0.15, 0.2) is 17.5 Å². The Hall–Kier alpha value is -4.11. The van der Waals surface area contributed by atoms with Gasteiger partial charge in [0.25, 0.3) is 0 Å². The maximum Gasteiger partial charge on any atom is 0.164 e. The van der Waals surface area contributed by atoms with E-state index < -0.39 is 0 Å². The number of hydrogen-bond acceptors (Lipinski definition) is 3. The van der Waals surface area contributed by atoms with Gasteiger partial charge in [-0.1, -0.05) is 104 Å². The van der Waals surface area contributed by atoms with Crippen molar-refractivity contribution in [1.82, 2.24) is 15.0 Å². The lowest BCUT2D eigenvalue weighted by molar-refractivity contribution is 1.01. The van der Waals surface area contributed by atoms with E-state index in [-0.39, 0.29) is 0 Å². The summed E-state index contributed by atoms with van der Waals surface area (Å²) in [4.78, 5) is 14.4. The molecule has 0 saturated carbocycles. The van der Waals surface area contributed by atoms with Crippen molar-refractivity contribution < 1.29 is 0 Å². The highest BCUT2D eigenvalue weighted by atomic mass is 15.0. The quantitative estimate of drug-likeness (QED) is 0.287. The third-order valence-corrected chi connectivity index (χ3v) is 5.91. The minimum atomic E-state index is 0.691. The van der Waals surface area contributed by atoms with E-state index in [1.807, 2.05) is 37.3 Å². The first-order chi connectivity index (χ1) is 16.2. The van der Waals surface area contributed by atoms with E-state index in [0.29, 0.717) is 11.6 Å². The van der Waals surface area contributed by atoms with Gasteiger partial charge in [0.05, 0.1) is 0 Å². The fourth-order valence-corrected chi connectivity index (χ4v) is 4.04. The maximum atomic E-state index is 4.82. The lowest BCUT2D eigenvalue weighted by Crippen LogP contribution is -2.02. The summed E-state index contributed by atoms with van der Waals surface area (Å²) in [6.45, 7) is 4.15. The van der Waals surface area contributed by atoms with Crippen LogP contribution in [0.15, 0.2) is 103 Å². The third kappa shape index (κ3) is 4.31. The minimum Gasteiger partial charge on any atom is -0.209 e. The highest BCUT2D eigenvalue weighted by Crippen LogP contribution is 2.28. The molecule has 0 aliphatic carbocycles. The molecule has 0 atom stereocenters. The van der Waals surface area contributed by atoms with Gasteiger partial charge in [-0.3, -0.25) is 0 Å². The van der Waals surface area contributed by atoms with Crippen LogP contribution in [-0.4, -0.2) is 15.0 Å². The minimum absolute atomic E-state index is 0.691. The van der Waals surface area contributed by atoms with Crippen LogP contribution in [0.2, 0.25) is 0 Å². The Morgan fingerprint density at radius 2 is 1.18 bits per heavy atom. The SMILES string of the molecule is C/C=C(\CC)c1nc(-c2ccccc2)nc(-c2ccc(-c3ccc4ccccc4c3)cc2)n1. The van der Waals surface area contributed by atoms with Gasteiger partial charge < -0.3 is 0 Å². The fraction of sp³-hybridized carbons (Fsp3) is 0.100. The molecule has 5 rings (SSSR count). The van der Waals surface area contributed by atoms with Crippen LogP contribution in [-0.2, 0) is 0 Å². The molecule has 5 aromatic rings. The average Bonchev–Trinajstić information content (AvgIpc) is 2.89. The number of nitrogens with zero attached hydrogens (tertiary/aromatic N) is 3. The molecule has 0 spiro atoms. The standard InChI is InChI=1S/C30H25N3/c1-3-21(4-2)28-31-29(24-11-6-5-7-12-24)33-30(32-28)25-17-14-23(15-18-25)27-19-16-22-10-8-9-13-26(22)20-27/h3,5-20H,4H2,1-2H3/b21-3+. The number of fused-ring (bicyclic) bond motifs is 1. The monoisotopic (exact) mass is 427 g/mol. The van der Waals surface area contributed by atoms with Crippen LogP contribution < -0.4 is 0 Å². The first kappa shape index (κ1) is 20.8. The topological polar surface area (TPSA) is 38.7 Å². The van der Waals surface area contributed by atoms with Crippen LogP contribution in [0, 0.1) is 0 Å². The molecule has 0 fully saturated rings. The highest BCUT2D eigenvalue weighted by Gasteiger charge is 2.12. The van der Waals surface area contributed by atoms with Crippen LogP contribution >= 0.6 is 0 Å². The molecule has 0 N–H and O–H groups in total. The molecule has 4 aromatic carbocycles. The first-order valence-electron chi connectivity index (χ1n) is 11.3. The van der Waals surface area contributed by atoms with Crippen LogP contribution in [0.5, 0.6) is 0 Å². The molecule has 0 radical (unpaired) electrons. The summed E-state index contributed by atoms with van der Waals surface area (Å²) in [5, 5.41) is 2.49. The van der Waals surface area contributed by atoms with Gasteiger partial charge in [0.2, 0.25) is 0 Å². The van der Waals surface area contributed by atoms with Crippen LogP contribution in [0.4, 0.5) is 0 Å². The molecule has 160 valence electrons. The Morgan fingerprint density at radius 1 is 0.606 bits per heavy atom. The molecule has 0 aliphatic heterocycles. The molecule has 0 amide bonds. The Kier molecular flexibility index (Phi) is 5.77. The Labute approximate surface area is 194 Å². The van der Waals surface area contributed by atoms with Crippen molar-refractivity contribution in [2.24, 2.45) is 0 Å². The molecular weight excluding hydrogens is 402 g/mol. The smallest absolute Gasteiger partial charge is 0.164 e. The van der Waals surface area contributed by atoms with Crippen LogP contribution in [0.1, 0.15) is 26.1 Å². The first-order valence-corrected chi connectivity index (χ1v) is 11.3. The van der Waals surface area contributed by atoms with E-state index in [9.17, 15) is 0 Å². The molecule has 3 nitrogen and oxygen atoms in total. The number of allylic oxidation sites excluding steroid dienone is 2. The molecule has 33 heavy (non-hydrogen) atoms. The Balaban J connectivity index is 1.56. The predicted octanol–water partition coefficient (Wildman–Crippen LogP) is 7.84. The molecule has 0 saturated heterocycles. The van der Waals surface area contributed by atoms with E-state index in [2.05, 4.69) is 79.7 Å². The molecule has 1 heterocycles. The zero-order valence-electron chi connectivity index (χ0n) is 18.9. The van der Waals surface area contributed by atoms with Gasteiger partial charge in [-0.15, -0.1) is 0 Å². The van der Waals surface area contributed by atoms with E-state index in [1.165, 1.54) is 21.9 Å². The summed E-state index contributed by atoms with van der Waals surface area (Å²) in [7, 11) is 0. The van der Waals surface area contributed by atoms with Gasteiger partial charge in [-0.05, 0) is 46.9 Å². The van der Waals surface area contributed by atoms with Crippen molar-refractivity contribution >= 4 is 16.3 Å². The van der Waals surface area contributed by atoms with E-state index in [4.69, 9.17) is 15.0 Å². The van der Waals surface area contributed by atoms with E-state index in [0.717, 1.165) is 28.9 Å². The number of hydrogen-bond donors (Lipinski definition) is 0. The van der Waals surface area contributed by atoms with Crippen molar-refractivity contribution in [3.63, 3.8) is 0 Å². The maximum absolute atomic E-state index is 4.82. The fourth-order valence-electron chi connectivity index (χ4n) is 4.04. The molecule has 0 unspecified atom stereocenters. The third-order valence-electron chi connectivity index (χ3n) is 5.91. The second kappa shape index (κ2) is 9.17. The van der Waals surface area contributed by atoms with Crippen molar-refractivity contribution in [3.05, 3.63) is 109 Å².